The van der Waals surface area contributed by atoms with Gasteiger partial charge in [0.2, 0.25) is 0 Å². The van der Waals surface area contributed by atoms with Gasteiger partial charge in [-0.05, 0) is 37.4 Å². The van der Waals surface area contributed by atoms with Gasteiger partial charge in [-0.1, -0.05) is 24.0 Å². The highest BCUT2D eigenvalue weighted by molar-refractivity contribution is 8.26. The van der Waals surface area contributed by atoms with Gasteiger partial charge in [0.25, 0.3) is 5.91 Å². The third-order valence-corrected chi connectivity index (χ3v) is 6.55. The lowest BCUT2D eigenvalue weighted by Gasteiger charge is -2.34. The fourth-order valence-electron chi connectivity index (χ4n) is 3.68. The van der Waals surface area contributed by atoms with Crippen LogP contribution < -0.4 is 10.2 Å². The number of aromatic nitrogens is 3. The fourth-order valence-corrected chi connectivity index (χ4v) is 4.71. The van der Waals surface area contributed by atoms with Crippen molar-refractivity contribution < 1.29 is 9.18 Å². The summed E-state index contributed by atoms with van der Waals surface area (Å²) >= 11 is 6.23. The Kier molecular flexibility index (Phi) is 5.20. The largest absolute Gasteiger partial charge is 0.367 e. The van der Waals surface area contributed by atoms with E-state index in [2.05, 4.69) is 32.1 Å². The number of amides is 1. The number of pyridine rings is 1. The molecule has 4 heterocycles. The van der Waals surface area contributed by atoms with Crippen LogP contribution in [0.1, 0.15) is 5.69 Å². The Hall–Kier alpha value is -2.82. The number of anilines is 1. The number of hydrogen-bond donors (Lipinski definition) is 1. The fraction of sp³-hybridized carbons (Fsp3) is 0.238. The predicted molar refractivity (Wildman–Crippen MR) is 125 cm³/mol. The molecule has 0 atom stereocenters. The highest BCUT2D eigenvalue weighted by Gasteiger charge is 2.22. The molecule has 2 fully saturated rings. The summed E-state index contributed by atoms with van der Waals surface area (Å²) in [6.45, 7) is 3.43. The number of thiocarbonyl (C=S) groups is 1. The average molecular weight is 455 g/mol. The van der Waals surface area contributed by atoms with Crippen LogP contribution in [0.4, 0.5) is 10.1 Å². The second-order valence-electron chi connectivity index (χ2n) is 7.47. The monoisotopic (exact) mass is 454 g/mol. The summed E-state index contributed by atoms with van der Waals surface area (Å²) in [7, 11) is 2.07. The third-order valence-electron chi connectivity index (χ3n) is 5.39. The summed E-state index contributed by atoms with van der Waals surface area (Å²) in [6.07, 6.45) is 3.32. The van der Waals surface area contributed by atoms with Crippen molar-refractivity contribution in [2.45, 2.75) is 0 Å². The van der Waals surface area contributed by atoms with E-state index in [0.717, 1.165) is 26.2 Å². The van der Waals surface area contributed by atoms with Crippen LogP contribution in [-0.2, 0) is 4.79 Å². The third kappa shape index (κ3) is 3.93. The molecule has 10 heteroatoms. The topological polar surface area (TPSA) is 66.3 Å². The minimum absolute atomic E-state index is 0.230. The molecule has 1 aromatic carbocycles. The molecular formula is C21H19FN6OS2. The van der Waals surface area contributed by atoms with Crippen LogP contribution in [0.5, 0.6) is 0 Å². The Balaban J connectivity index is 1.47. The average Bonchev–Trinajstić information content (AvgIpc) is 3.31. The summed E-state index contributed by atoms with van der Waals surface area (Å²) < 4.78 is 17.2. The molecular weight excluding hydrogens is 435 g/mol. The van der Waals surface area contributed by atoms with E-state index in [1.54, 1.807) is 23.0 Å². The van der Waals surface area contributed by atoms with E-state index in [1.165, 1.54) is 17.8 Å². The molecule has 0 saturated carbocycles. The number of fused-ring (bicyclic) bond motifs is 1. The van der Waals surface area contributed by atoms with E-state index in [4.69, 9.17) is 12.2 Å². The zero-order valence-corrected chi connectivity index (χ0v) is 18.3. The summed E-state index contributed by atoms with van der Waals surface area (Å²) in [5.41, 5.74) is 3.13. The molecule has 1 amide bonds. The maximum absolute atomic E-state index is 15.0. The van der Waals surface area contributed by atoms with Crippen molar-refractivity contribution in [2.75, 3.05) is 38.1 Å². The van der Waals surface area contributed by atoms with Crippen molar-refractivity contribution >= 4 is 57.1 Å². The van der Waals surface area contributed by atoms with E-state index in [9.17, 15) is 9.18 Å². The van der Waals surface area contributed by atoms with Gasteiger partial charge in [-0.25, -0.2) is 14.4 Å². The molecule has 3 aromatic rings. The lowest BCUT2D eigenvalue weighted by Crippen LogP contribution is -2.44. The van der Waals surface area contributed by atoms with Crippen LogP contribution in [0.2, 0.25) is 0 Å². The van der Waals surface area contributed by atoms with Gasteiger partial charge in [0.05, 0.1) is 22.0 Å². The van der Waals surface area contributed by atoms with Crippen molar-refractivity contribution in [3.63, 3.8) is 0 Å². The first-order chi connectivity index (χ1) is 15.0. The molecule has 0 unspecified atom stereocenters. The smallest absolute Gasteiger partial charge is 0.263 e. The van der Waals surface area contributed by atoms with Gasteiger partial charge in [0.1, 0.15) is 22.0 Å². The zero-order chi connectivity index (χ0) is 21.5. The van der Waals surface area contributed by atoms with Gasteiger partial charge in [0, 0.05) is 32.2 Å². The van der Waals surface area contributed by atoms with Crippen molar-refractivity contribution in [1.82, 2.24) is 24.8 Å². The van der Waals surface area contributed by atoms with Crippen molar-refractivity contribution in [2.24, 2.45) is 0 Å². The molecule has 5 rings (SSSR count). The lowest BCUT2D eigenvalue weighted by molar-refractivity contribution is -0.115. The second-order valence-corrected chi connectivity index (χ2v) is 9.19. The van der Waals surface area contributed by atoms with Crippen molar-refractivity contribution in [3.05, 3.63) is 53.1 Å². The zero-order valence-electron chi connectivity index (χ0n) is 16.7. The highest BCUT2D eigenvalue weighted by atomic mass is 32.2. The highest BCUT2D eigenvalue weighted by Crippen LogP contribution is 2.27. The number of benzene rings is 1. The summed E-state index contributed by atoms with van der Waals surface area (Å²) in [5.74, 6) is -0.498. The summed E-state index contributed by atoms with van der Waals surface area (Å²) in [4.78, 5) is 25.7. The first kappa shape index (κ1) is 20.1. The summed E-state index contributed by atoms with van der Waals surface area (Å²) in [5, 5.41) is 2.59. The number of likely N-dealkylation sites (N-methyl/N-ethyl adjacent to an activating group) is 1. The Labute approximate surface area is 187 Å². The number of hydrogen-bond acceptors (Lipinski definition) is 7. The van der Waals surface area contributed by atoms with E-state index < -0.39 is 0 Å². The summed E-state index contributed by atoms with van der Waals surface area (Å²) in [6, 6.07) is 8.83. The van der Waals surface area contributed by atoms with Crippen molar-refractivity contribution in [1.29, 1.82) is 0 Å². The number of imidazole rings is 1. The van der Waals surface area contributed by atoms with Gasteiger partial charge in [-0.15, -0.1) is 0 Å². The normalized spacial score (nSPS) is 18.9. The molecule has 0 bridgehead atoms. The molecule has 0 aliphatic carbocycles. The van der Waals surface area contributed by atoms with Crippen LogP contribution in [0.25, 0.3) is 22.9 Å². The van der Waals surface area contributed by atoms with Gasteiger partial charge < -0.3 is 15.1 Å². The number of thioether (sulfide) groups is 1. The molecule has 7 nitrogen and oxygen atoms in total. The maximum Gasteiger partial charge on any atom is 0.263 e. The number of nitrogens with one attached hydrogen (secondary N) is 1. The molecule has 2 aliphatic heterocycles. The molecule has 0 spiro atoms. The SMILES string of the molecule is CN1CCN(c2ccc(-n3cnc4ccc(/C=C5\SC(=S)NC5=O)nc43)cc2F)CC1. The molecule has 2 saturated heterocycles. The van der Waals surface area contributed by atoms with E-state index in [1.807, 2.05) is 18.2 Å². The van der Waals surface area contributed by atoms with Gasteiger partial charge in [-0.3, -0.25) is 9.36 Å². The quantitative estimate of drug-likeness (QED) is 0.482. The van der Waals surface area contributed by atoms with Gasteiger partial charge in [-0.2, -0.15) is 0 Å². The molecule has 0 radical (unpaired) electrons. The Bertz CT molecular complexity index is 1230. The van der Waals surface area contributed by atoms with Gasteiger partial charge >= 0.3 is 0 Å². The molecule has 2 aliphatic rings. The number of piperazine rings is 1. The molecule has 31 heavy (non-hydrogen) atoms. The predicted octanol–water partition coefficient (Wildman–Crippen LogP) is 2.80. The Morgan fingerprint density at radius 2 is 2.00 bits per heavy atom. The maximum atomic E-state index is 15.0. The number of rotatable bonds is 3. The Morgan fingerprint density at radius 3 is 2.71 bits per heavy atom. The van der Waals surface area contributed by atoms with E-state index in [0.29, 0.717) is 37.5 Å². The number of halogens is 1. The number of carbonyl (C=O) groups is 1. The molecule has 2 aromatic heterocycles. The molecule has 1 N–H and O–H groups in total. The minimum atomic E-state index is -0.269. The van der Waals surface area contributed by atoms with Crippen molar-refractivity contribution in [3.8, 4) is 5.69 Å². The van der Waals surface area contributed by atoms with Crippen LogP contribution in [0.15, 0.2) is 41.6 Å². The van der Waals surface area contributed by atoms with Gasteiger partial charge in [0.15, 0.2) is 5.65 Å². The lowest BCUT2D eigenvalue weighted by atomic mass is 10.2. The van der Waals surface area contributed by atoms with Crippen LogP contribution >= 0.6 is 24.0 Å². The minimum Gasteiger partial charge on any atom is -0.367 e. The first-order valence-corrected chi connectivity index (χ1v) is 11.0. The van der Waals surface area contributed by atoms with Crippen LogP contribution in [0.3, 0.4) is 0 Å². The number of carbonyl (C=O) groups excluding carboxylic acids is 1. The first-order valence-electron chi connectivity index (χ1n) is 9.80. The Morgan fingerprint density at radius 1 is 1.19 bits per heavy atom. The van der Waals surface area contributed by atoms with E-state index in [-0.39, 0.29) is 11.7 Å². The second kappa shape index (κ2) is 8.03. The van der Waals surface area contributed by atoms with E-state index >= 15 is 0 Å². The molecule has 158 valence electrons. The van der Waals surface area contributed by atoms with Crippen LogP contribution in [-0.4, -0.2) is 62.9 Å². The van der Waals surface area contributed by atoms with Crippen LogP contribution in [0, 0.1) is 5.82 Å². The number of nitrogens with zero attached hydrogens (tertiary/aromatic N) is 5. The standard InChI is InChI=1S/C21H19FN6OS2/c1-26-6-8-27(9-7-26)17-5-3-14(11-15(17)22)28-12-23-16-4-2-13(24-19(16)28)10-18-20(29)25-21(30)31-18/h2-5,10-12H,6-9H2,1H3,(H,25,29,30)/b18-10-.